The van der Waals surface area contributed by atoms with E-state index >= 15 is 0 Å². The Kier molecular flexibility index (Phi) is 6.90. The predicted molar refractivity (Wildman–Crippen MR) is 72.2 cm³/mol. The van der Waals surface area contributed by atoms with Crippen LogP contribution >= 0.6 is 0 Å². The largest absolute Gasteiger partial charge is 0.481 e. The van der Waals surface area contributed by atoms with Gasteiger partial charge in [-0.25, -0.2) is 0 Å². The van der Waals surface area contributed by atoms with Gasteiger partial charge in [0, 0.05) is 33.5 Å². The topological polar surface area (TPSA) is 111 Å². The standard InChI is InChI=1S/C13H24N2O5/c1-19-6-2-3-10(14)11(16)15-9-13(12(17)18)4-7-20-8-5-13/h10H,2-9,14H2,1H3,(H,15,16)(H,17,18). The number of nitrogens with two attached hydrogens (primary N) is 1. The number of hydrogen-bond donors (Lipinski definition) is 3. The van der Waals surface area contributed by atoms with Crippen LogP contribution in [0, 0.1) is 5.41 Å². The fourth-order valence-electron chi connectivity index (χ4n) is 2.19. The van der Waals surface area contributed by atoms with E-state index in [-0.39, 0.29) is 12.5 Å². The maximum atomic E-state index is 11.8. The maximum Gasteiger partial charge on any atom is 0.311 e. The van der Waals surface area contributed by atoms with Crippen molar-refractivity contribution in [3.05, 3.63) is 0 Å². The summed E-state index contributed by atoms with van der Waals surface area (Å²) in [5, 5.41) is 12.0. The molecule has 1 unspecified atom stereocenters. The highest BCUT2D eigenvalue weighted by atomic mass is 16.5. The summed E-state index contributed by atoms with van der Waals surface area (Å²) in [5.74, 6) is -1.21. The SMILES string of the molecule is COCCCC(N)C(=O)NCC1(C(=O)O)CCOCC1. The van der Waals surface area contributed by atoms with Gasteiger partial charge < -0.3 is 25.6 Å². The average Bonchev–Trinajstić information content (AvgIpc) is 2.45. The van der Waals surface area contributed by atoms with Crippen molar-refractivity contribution in [2.75, 3.05) is 33.5 Å². The zero-order valence-electron chi connectivity index (χ0n) is 11.9. The van der Waals surface area contributed by atoms with E-state index in [0.717, 1.165) is 0 Å². The van der Waals surface area contributed by atoms with Crippen LogP contribution < -0.4 is 11.1 Å². The lowest BCUT2D eigenvalue weighted by Crippen LogP contribution is -2.50. The molecular weight excluding hydrogens is 264 g/mol. The number of carbonyl (C=O) groups excluding carboxylic acids is 1. The van der Waals surface area contributed by atoms with Crippen LogP contribution in [0.4, 0.5) is 0 Å². The van der Waals surface area contributed by atoms with Crippen molar-refractivity contribution in [1.82, 2.24) is 5.32 Å². The van der Waals surface area contributed by atoms with Crippen molar-refractivity contribution in [1.29, 1.82) is 0 Å². The molecule has 0 saturated carbocycles. The molecule has 1 fully saturated rings. The van der Waals surface area contributed by atoms with Crippen LogP contribution in [0.15, 0.2) is 0 Å². The van der Waals surface area contributed by atoms with E-state index < -0.39 is 17.4 Å². The van der Waals surface area contributed by atoms with Gasteiger partial charge in [-0.3, -0.25) is 9.59 Å². The number of hydrogen-bond acceptors (Lipinski definition) is 5. The molecule has 1 rings (SSSR count). The third-order valence-corrected chi connectivity index (χ3v) is 3.70. The molecule has 0 aromatic heterocycles. The molecule has 1 saturated heterocycles. The molecule has 1 heterocycles. The molecule has 1 atom stereocenters. The second kappa shape index (κ2) is 8.18. The van der Waals surface area contributed by atoms with E-state index in [1.807, 2.05) is 0 Å². The first-order valence-corrected chi connectivity index (χ1v) is 6.85. The van der Waals surface area contributed by atoms with Crippen molar-refractivity contribution < 1.29 is 24.2 Å². The van der Waals surface area contributed by atoms with Gasteiger partial charge >= 0.3 is 5.97 Å². The highest BCUT2D eigenvalue weighted by Crippen LogP contribution is 2.30. The molecule has 0 spiro atoms. The van der Waals surface area contributed by atoms with Crippen LogP contribution in [-0.2, 0) is 19.1 Å². The first kappa shape index (κ1) is 16.9. The fraction of sp³-hybridized carbons (Fsp3) is 0.846. The van der Waals surface area contributed by atoms with E-state index in [1.165, 1.54) is 0 Å². The second-order valence-corrected chi connectivity index (χ2v) is 5.16. The number of aliphatic carboxylic acids is 1. The quantitative estimate of drug-likeness (QED) is 0.531. The van der Waals surface area contributed by atoms with Crippen LogP contribution in [0.3, 0.4) is 0 Å². The van der Waals surface area contributed by atoms with E-state index in [1.54, 1.807) is 7.11 Å². The minimum Gasteiger partial charge on any atom is -0.481 e. The van der Waals surface area contributed by atoms with Gasteiger partial charge in [-0.1, -0.05) is 0 Å². The van der Waals surface area contributed by atoms with Crippen LogP contribution in [0.1, 0.15) is 25.7 Å². The van der Waals surface area contributed by atoms with E-state index in [4.69, 9.17) is 15.2 Å². The zero-order valence-corrected chi connectivity index (χ0v) is 11.9. The summed E-state index contributed by atoms with van der Waals surface area (Å²) in [6.07, 6.45) is 2.02. The lowest BCUT2D eigenvalue weighted by atomic mass is 9.80. The predicted octanol–water partition coefficient (Wildman–Crippen LogP) is -0.262. The normalized spacial score (nSPS) is 19.3. The Hall–Kier alpha value is -1.18. The maximum absolute atomic E-state index is 11.8. The van der Waals surface area contributed by atoms with Crippen LogP contribution in [-0.4, -0.2) is 56.5 Å². The Morgan fingerprint density at radius 3 is 2.65 bits per heavy atom. The summed E-state index contributed by atoms with van der Waals surface area (Å²) < 4.78 is 10.1. The van der Waals surface area contributed by atoms with Gasteiger partial charge in [0.2, 0.25) is 5.91 Å². The van der Waals surface area contributed by atoms with Crippen LogP contribution in [0.2, 0.25) is 0 Å². The molecule has 7 nitrogen and oxygen atoms in total. The number of carbonyl (C=O) groups is 2. The first-order valence-electron chi connectivity index (χ1n) is 6.85. The summed E-state index contributed by atoms with van der Waals surface area (Å²) in [7, 11) is 1.59. The number of ether oxygens (including phenoxy) is 2. The van der Waals surface area contributed by atoms with Gasteiger partial charge in [-0.05, 0) is 25.7 Å². The van der Waals surface area contributed by atoms with Gasteiger partial charge in [0.25, 0.3) is 0 Å². The fourth-order valence-corrected chi connectivity index (χ4v) is 2.19. The molecule has 20 heavy (non-hydrogen) atoms. The van der Waals surface area contributed by atoms with Crippen molar-refractivity contribution in [2.45, 2.75) is 31.7 Å². The first-order chi connectivity index (χ1) is 9.52. The Labute approximate surface area is 118 Å². The number of carboxylic acids is 1. The average molecular weight is 288 g/mol. The highest BCUT2D eigenvalue weighted by Gasteiger charge is 2.40. The molecule has 1 aliphatic heterocycles. The second-order valence-electron chi connectivity index (χ2n) is 5.16. The summed E-state index contributed by atoms with van der Waals surface area (Å²) in [4.78, 5) is 23.3. The lowest BCUT2D eigenvalue weighted by molar-refractivity contribution is -0.154. The van der Waals surface area contributed by atoms with E-state index in [9.17, 15) is 14.7 Å². The summed E-state index contributed by atoms with van der Waals surface area (Å²) in [6, 6.07) is -0.629. The molecule has 116 valence electrons. The number of methoxy groups -OCH3 is 1. The van der Waals surface area contributed by atoms with Crippen molar-refractivity contribution in [2.24, 2.45) is 11.1 Å². The highest BCUT2D eigenvalue weighted by molar-refractivity contribution is 5.82. The molecule has 0 radical (unpaired) electrons. The van der Waals surface area contributed by atoms with Crippen LogP contribution in [0.5, 0.6) is 0 Å². The number of carboxylic acid groups (broad SMARTS) is 1. The minimum absolute atomic E-state index is 0.0997. The summed E-state index contributed by atoms with van der Waals surface area (Å²) >= 11 is 0. The number of rotatable bonds is 8. The zero-order chi connectivity index (χ0) is 15.0. The molecule has 0 aliphatic carbocycles. The van der Waals surface area contributed by atoms with Gasteiger partial charge in [0.15, 0.2) is 0 Å². The van der Waals surface area contributed by atoms with Gasteiger partial charge in [-0.15, -0.1) is 0 Å². The van der Waals surface area contributed by atoms with Crippen molar-refractivity contribution in [3.63, 3.8) is 0 Å². The van der Waals surface area contributed by atoms with Gasteiger partial charge in [-0.2, -0.15) is 0 Å². The Morgan fingerprint density at radius 1 is 1.45 bits per heavy atom. The monoisotopic (exact) mass is 288 g/mol. The van der Waals surface area contributed by atoms with Gasteiger partial charge in [0.1, 0.15) is 0 Å². The third-order valence-electron chi connectivity index (χ3n) is 3.70. The lowest BCUT2D eigenvalue weighted by Gasteiger charge is -2.33. The van der Waals surface area contributed by atoms with Crippen LogP contribution in [0.25, 0.3) is 0 Å². The molecule has 0 bridgehead atoms. The third kappa shape index (κ3) is 4.73. The molecule has 0 aromatic rings. The molecule has 0 aromatic carbocycles. The summed E-state index contributed by atoms with van der Waals surface area (Å²) in [5.41, 5.74) is 4.82. The van der Waals surface area contributed by atoms with Gasteiger partial charge in [0.05, 0.1) is 11.5 Å². The minimum atomic E-state index is -0.930. The molecule has 7 heteroatoms. The molecule has 4 N–H and O–H groups in total. The Bertz CT molecular complexity index is 329. The summed E-state index contributed by atoms with van der Waals surface area (Å²) in [6.45, 7) is 1.46. The smallest absolute Gasteiger partial charge is 0.311 e. The Balaban J connectivity index is 2.42. The van der Waals surface area contributed by atoms with Crippen molar-refractivity contribution in [3.8, 4) is 0 Å². The Morgan fingerprint density at radius 2 is 2.10 bits per heavy atom. The molecular formula is C13H24N2O5. The molecule has 1 aliphatic rings. The van der Waals surface area contributed by atoms with E-state index in [2.05, 4.69) is 5.32 Å². The molecule has 1 amide bonds. The van der Waals surface area contributed by atoms with E-state index in [0.29, 0.717) is 45.5 Å². The van der Waals surface area contributed by atoms with Crippen molar-refractivity contribution >= 4 is 11.9 Å². The number of nitrogens with one attached hydrogen (secondary N) is 1. The number of amides is 1.